The molecule has 1 aromatic carbocycles. The minimum Gasteiger partial charge on any atom is -0.496 e. The number of ether oxygens (including phenoxy) is 1. The number of hydrogen-bond donors (Lipinski definition) is 0. The SMILES string of the molecule is COc1ccccc1Cc1ncc(C(C)=O)o1. The van der Waals surface area contributed by atoms with Gasteiger partial charge in [0, 0.05) is 12.5 Å². The summed E-state index contributed by atoms with van der Waals surface area (Å²) < 4.78 is 10.6. The van der Waals surface area contributed by atoms with E-state index in [1.54, 1.807) is 7.11 Å². The third-order valence-electron chi connectivity index (χ3n) is 2.43. The van der Waals surface area contributed by atoms with Gasteiger partial charge in [-0.1, -0.05) is 18.2 Å². The molecule has 88 valence electrons. The van der Waals surface area contributed by atoms with E-state index >= 15 is 0 Å². The molecule has 1 aromatic heterocycles. The molecule has 4 heteroatoms. The molecule has 0 bridgehead atoms. The van der Waals surface area contributed by atoms with Crippen LogP contribution in [0.4, 0.5) is 0 Å². The highest BCUT2D eigenvalue weighted by Crippen LogP contribution is 2.20. The van der Waals surface area contributed by atoms with Crippen LogP contribution in [0, 0.1) is 0 Å². The molecule has 2 rings (SSSR count). The number of benzene rings is 1. The van der Waals surface area contributed by atoms with Gasteiger partial charge in [0.05, 0.1) is 19.7 Å². The fourth-order valence-corrected chi connectivity index (χ4v) is 1.57. The normalized spacial score (nSPS) is 10.2. The fraction of sp³-hybridized carbons (Fsp3) is 0.231. The summed E-state index contributed by atoms with van der Waals surface area (Å²) in [6.45, 7) is 1.45. The molecule has 4 nitrogen and oxygen atoms in total. The Balaban J connectivity index is 2.22. The summed E-state index contributed by atoms with van der Waals surface area (Å²) in [6.07, 6.45) is 1.96. The molecule has 0 saturated heterocycles. The minimum absolute atomic E-state index is 0.122. The summed E-state index contributed by atoms with van der Waals surface area (Å²) in [5, 5.41) is 0. The molecule has 0 amide bonds. The first-order valence-electron chi connectivity index (χ1n) is 5.28. The second-order valence-corrected chi connectivity index (χ2v) is 3.66. The highest BCUT2D eigenvalue weighted by atomic mass is 16.5. The van der Waals surface area contributed by atoms with Gasteiger partial charge in [-0.25, -0.2) is 4.98 Å². The Morgan fingerprint density at radius 2 is 2.18 bits per heavy atom. The first kappa shape index (κ1) is 11.4. The second kappa shape index (κ2) is 4.82. The lowest BCUT2D eigenvalue weighted by atomic mass is 10.1. The number of para-hydroxylation sites is 1. The highest BCUT2D eigenvalue weighted by Gasteiger charge is 2.10. The first-order chi connectivity index (χ1) is 8.20. The number of carbonyl (C=O) groups is 1. The molecular formula is C13H13NO3. The predicted octanol–water partition coefficient (Wildman–Crippen LogP) is 2.48. The summed E-state index contributed by atoms with van der Waals surface area (Å²) in [5.41, 5.74) is 0.979. The number of oxazole rings is 1. The van der Waals surface area contributed by atoms with Crippen LogP contribution in [0.25, 0.3) is 0 Å². The summed E-state index contributed by atoms with van der Waals surface area (Å²) >= 11 is 0. The summed E-state index contributed by atoms with van der Waals surface area (Å²) in [4.78, 5) is 15.1. The van der Waals surface area contributed by atoms with Gasteiger partial charge in [-0.05, 0) is 6.07 Å². The zero-order chi connectivity index (χ0) is 12.3. The van der Waals surface area contributed by atoms with Crippen LogP contribution in [0.2, 0.25) is 0 Å². The molecule has 1 heterocycles. The molecule has 0 unspecified atom stereocenters. The maximum Gasteiger partial charge on any atom is 0.199 e. The number of Topliss-reactive ketones (excluding diaryl/α,β-unsaturated/α-hetero) is 1. The van der Waals surface area contributed by atoms with Crippen molar-refractivity contribution in [3.8, 4) is 5.75 Å². The topological polar surface area (TPSA) is 52.3 Å². The van der Waals surface area contributed by atoms with Gasteiger partial charge in [-0.15, -0.1) is 0 Å². The maximum atomic E-state index is 11.1. The molecule has 0 aliphatic heterocycles. The summed E-state index contributed by atoms with van der Waals surface area (Å²) in [7, 11) is 1.62. The Kier molecular flexibility index (Phi) is 3.23. The minimum atomic E-state index is -0.122. The van der Waals surface area contributed by atoms with Crippen molar-refractivity contribution in [3.05, 3.63) is 47.7 Å². The molecule has 0 atom stereocenters. The third kappa shape index (κ3) is 2.53. The van der Waals surface area contributed by atoms with Crippen molar-refractivity contribution in [1.82, 2.24) is 4.98 Å². The van der Waals surface area contributed by atoms with Crippen LogP contribution in [0.1, 0.15) is 28.9 Å². The van der Waals surface area contributed by atoms with Gasteiger partial charge in [0.25, 0.3) is 0 Å². The van der Waals surface area contributed by atoms with Gasteiger partial charge in [0.15, 0.2) is 17.4 Å². The highest BCUT2D eigenvalue weighted by molar-refractivity contribution is 5.90. The van der Waals surface area contributed by atoms with Gasteiger partial charge >= 0.3 is 0 Å². The van der Waals surface area contributed by atoms with E-state index in [2.05, 4.69) is 4.98 Å². The smallest absolute Gasteiger partial charge is 0.199 e. The number of methoxy groups -OCH3 is 1. The van der Waals surface area contributed by atoms with E-state index in [1.807, 2.05) is 24.3 Å². The lowest BCUT2D eigenvalue weighted by Gasteiger charge is -2.05. The molecule has 0 N–H and O–H groups in total. The quantitative estimate of drug-likeness (QED) is 0.758. The number of rotatable bonds is 4. The lowest BCUT2D eigenvalue weighted by Crippen LogP contribution is -1.93. The molecule has 0 saturated carbocycles. The van der Waals surface area contributed by atoms with Crippen molar-refractivity contribution in [3.63, 3.8) is 0 Å². The number of ketones is 1. The van der Waals surface area contributed by atoms with E-state index in [9.17, 15) is 4.79 Å². The summed E-state index contributed by atoms with van der Waals surface area (Å²) in [6, 6.07) is 7.65. The zero-order valence-corrected chi connectivity index (χ0v) is 9.77. The Morgan fingerprint density at radius 1 is 1.41 bits per heavy atom. The molecule has 2 aromatic rings. The zero-order valence-electron chi connectivity index (χ0n) is 9.77. The number of carbonyl (C=O) groups excluding carboxylic acids is 1. The molecule has 0 fully saturated rings. The van der Waals surface area contributed by atoms with E-state index in [-0.39, 0.29) is 11.5 Å². The van der Waals surface area contributed by atoms with Gasteiger partial charge in [0.2, 0.25) is 0 Å². The van der Waals surface area contributed by atoms with Crippen LogP contribution in [-0.4, -0.2) is 17.9 Å². The Hall–Kier alpha value is -2.10. The number of hydrogen-bond acceptors (Lipinski definition) is 4. The van der Waals surface area contributed by atoms with E-state index in [4.69, 9.17) is 9.15 Å². The van der Waals surface area contributed by atoms with E-state index in [0.29, 0.717) is 12.3 Å². The fourth-order valence-electron chi connectivity index (χ4n) is 1.57. The average Bonchev–Trinajstić information content (AvgIpc) is 2.78. The number of nitrogens with zero attached hydrogens (tertiary/aromatic N) is 1. The molecule has 17 heavy (non-hydrogen) atoms. The van der Waals surface area contributed by atoms with Crippen molar-refractivity contribution in [2.45, 2.75) is 13.3 Å². The Morgan fingerprint density at radius 3 is 2.82 bits per heavy atom. The first-order valence-corrected chi connectivity index (χ1v) is 5.28. The second-order valence-electron chi connectivity index (χ2n) is 3.66. The van der Waals surface area contributed by atoms with Crippen molar-refractivity contribution < 1.29 is 13.9 Å². The van der Waals surface area contributed by atoms with Crippen LogP contribution in [0.15, 0.2) is 34.9 Å². The molecule has 0 aliphatic carbocycles. The number of aromatic nitrogens is 1. The summed E-state index contributed by atoms with van der Waals surface area (Å²) in [5.74, 6) is 1.47. The Labute approximate surface area is 99.2 Å². The van der Waals surface area contributed by atoms with Crippen LogP contribution in [-0.2, 0) is 6.42 Å². The third-order valence-corrected chi connectivity index (χ3v) is 2.43. The van der Waals surface area contributed by atoms with Crippen molar-refractivity contribution >= 4 is 5.78 Å². The lowest BCUT2D eigenvalue weighted by molar-refractivity contribution is 0.0985. The largest absolute Gasteiger partial charge is 0.496 e. The maximum absolute atomic E-state index is 11.1. The van der Waals surface area contributed by atoms with Crippen LogP contribution < -0.4 is 4.74 Å². The standard InChI is InChI=1S/C13H13NO3/c1-9(15)12-8-14-13(17-12)7-10-5-3-4-6-11(10)16-2/h3-6,8H,7H2,1-2H3. The van der Waals surface area contributed by atoms with E-state index < -0.39 is 0 Å². The molecule has 0 aliphatic rings. The van der Waals surface area contributed by atoms with Gasteiger partial charge in [0.1, 0.15) is 5.75 Å². The molecular weight excluding hydrogens is 218 g/mol. The average molecular weight is 231 g/mol. The van der Waals surface area contributed by atoms with Gasteiger partial charge in [-0.3, -0.25) is 4.79 Å². The van der Waals surface area contributed by atoms with E-state index in [1.165, 1.54) is 13.1 Å². The predicted molar refractivity (Wildman–Crippen MR) is 62.3 cm³/mol. The Bertz CT molecular complexity index is 531. The molecule has 0 spiro atoms. The van der Waals surface area contributed by atoms with Crippen molar-refractivity contribution in [2.75, 3.05) is 7.11 Å². The van der Waals surface area contributed by atoms with Gasteiger partial charge in [-0.2, -0.15) is 0 Å². The van der Waals surface area contributed by atoms with Crippen LogP contribution in [0.5, 0.6) is 5.75 Å². The van der Waals surface area contributed by atoms with Crippen LogP contribution in [0.3, 0.4) is 0 Å². The van der Waals surface area contributed by atoms with E-state index in [0.717, 1.165) is 11.3 Å². The monoisotopic (exact) mass is 231 g/mol. The molecule has 0 radical (unpaired) electrons. The van der Waals surface area contributed by atoms with Crippen molar-refractivity contribution in [2.24, 2.45) is 0 Å². The van der Waals surface area contributed by atoms with Gasteiger partial charge < -0.3 is 9.15 Å². The van der Waals surface area contributed by atoms with Crippen molar-refractivity contribution in [1.29, 1.82) is 0 Å². The van der Waals surface area contributed by atoms with Crippen LogP contribution >= 0.6 is 0 Å².